The molecule has 6 heteroatoms. The van der Waals surface area contributed by atoms with E-state index in [9.17, 15) is 0 Å². The SMILES string of the molecule is CNc1nc(NC)c(N)c(NC)n1. The van der Waals surface area contributed by atoms with Crippen LogP contribution in [0.3, 0.4) is 0 Å². The Morgan fingerprint density at radius 2 is 1.38 bits per heavy atom. The smallest absolute Gasteiger partial charge is 0.226 e. The van der Waals surface area contributed by atoms with E-state index in [-0.39, 0.29) is 0 Å². The van der Waals surface area contributed by atoms with Crippen molar-refractivity contribution in [3.8, 4) is 0 Å². The first-order chi connectivity index (χ1) is 6.22. The third-order valence-electron chi connectivity index (χ3n) is 1.64. The Kier molecular flexibility index (Phi) is 2.73. The minimum atomic E-state index is 0.518. The lowest BCUT2D eigenvalue weighted by atomic mass is 10.4. The van der Waals surface area contributed by atoms with E-state index in [0.717, 1.165) is 0 Å². The molecule has 0 aliphatic carbocycles. The number of nitrogens with zero attached hydrogens (tertiary/aromatic N) is 2. The van der Waals surface area contributed by atoms with Gasteiger partial charge in [0.05, 0.1) is 0 Å². The molecule has 0 fully saturated rings. The second-order valence-electron chi connectivity index (χ2n) is 2.41. The van der Waals surface area contributed by atoms with E-state index in [0.29, 0.717) is 23.3 Å². The third-order valence-corrected chi connectivity index (χ3v) is 1.64. The number of nitrogens with two attached hydrogens (primary N) is 1. The van der Waals surface area contributed by atoms with Crippen LogP contribution in [-0.4, -0.2) is 31.1 Å². The summed E-state index contributed by atoms with van der Waals surface area (Å²) in [6.45, 7) is 0. The van der Waals surface area contributed by atoms with Crippen LogP contribution in [0.4, 0.5) is 23.3 Å². The third kappa shape index (κ3) is 1.71. The van der Waals surface area contributed by atoms with Crippen LogP contribution in [0.15, 0.2) is 0 Å². The van der Waals surface area contributed by atoms with Crippen LogP contribution < -0.4 is 21.7 Å². The number of hydrogen-bond acceptors (Lipinski definition) is 6. The van der Waals surface area contributed by atoms with Crippen molar-refractivity contribution >= 4 is 23.3 Å². The van der Waals surface area contributed by atoms with Crippen molar-refractivity contribution in [3.05, 3.63) is 0 Å². The van der Waals surface area contributed by atoms with Gasteiger partial charge in [0.25, 0.3) is 0 Å². The highest BCUT2D eigenvalue weighted by molar-refractivity contribution is 5.75. The van der Waals surface area contributed by atoms with Gasteiger partial charge in [-0.3, -0.25) is 0 Å². The second kappa shape index (κ2) is 3.79. The molecule has 0 saturated heterocycles. The van der Waals surface area contributed by atoms with Crippen molar-refractivity contribution in [1.82, 2.24) is 9.97 Å². The van der Waals surface area contributed by atoms with Gasteiger partial charge in [0.2, 0.25) is 5.95 Å². The van der Waals surface area contributed by atoms with Gasteiger partial charge in [0.15, 0.2) is 11.6 Å². The van der Waals surface area contributed by atoms with E-state index < -0.39 is 0 Å². The summed E-state index contributed by atoms with van der Waals surface area (Å²) >= 11 is 0. The monoisotopic (exact) mass is 182 g/mol. The lowest BCUT2D eigenvalue weighted by molar-refractivity contribution is 1.14. The molecule has 0 aliphatic heterocycles. The number of nitrogen functional groups attached to an aromatic ring is 1. The molecule has 0 bridgehead atoms. The zero-order valence-corrected chi connectivity index (χ0v) is 7.97. The largest absolute Gasteiger partial charge is 0.393 e. The fraction of sp³-hybridized carbons (Fsp3) is 0.429. The molecule has 0 unspecified atom stereocenters. The normalized spacial score (nSPS) is 9.46. The topological polar surface area (TPSA) is 87.9 Å². The summed E-state index contributed by atoms with van der Waals surface area (Å²) < 4.78 is 0. The Bertz CT molecular complexity index is 272. The summed E-state index contributed by atoms with van der Waals surface area (Å²) in [5.41, 5.74) is 6.27. The number of hydrogen-bond donors (Lipinski definition) is 4. The van der Waals surface area contributed by atoms with E-state index in [1.165, 1.54) is 0 Å². The molecule has 72 valence electrons. The van der Waals surface area contributed by atoms with Gasteiger partial charge in [-0.25, -0.2) is 0 Å². The van der Waals surface area contributed by atoms with Crippen molar-refractivity contribution in [2.75, 3.05) is 42.8 Å². The molecule has 1 rings (SSSR count). The first-order valence-electron chi connectivity index (χ1n) is 3.93. The molecule has 1 aromatic rings. The molecular weight excluding hydrogens is 168 g/mol. The quantitative estimate of drug-likeness (QED) is 0.533. The number of aromatic nitrogens is 2. The van der Waals surface area contributed by atoms with E-state index in [2.05, 4.69) is 25.9 Å². The maximum Gasteiger partial charge on any atom is 0.226 e. The molecule has 0 atom stereocenters. The van der Waals surface area contributed by atoms with Gasteiger partial charge in [-0.1, -0.05) is 0 Å². The van der Waals surface area contributed by atoms with Crippen molar-refractivity contribution in [3.63, 3.8) is 0 Å². The molecule has 0 spiro atoms. The Morgan fingerprint density at radius 3 is 1.69 bits per heavy atom. The maximum atomic E-state index is 5.75. The molecule has 0 aromatic carbocycles. The summed E-state index contributed by atoms with van der Waals surface area (Å²) in [5, 5.41) is 8.62. The first-order valence-corrected chi connectivity index (χ1v) is 3.93. The fourth-order valence-corrected chi connectivity index (χ4v) is 0.962. The number of anilines is 4. The first kappa shape index (κ1) is 9.37. The van der Waals surface area contributed by atoms with Gasteiger partial charge in [0.1, 0.15) is 5.69 Å². The Balaban J connectivity index is 3.20. The molecule has 0 saturated carbocycles. The van der Waals surface area contributed by atoms with E-state index in [4.69, 9.17) is 5.73 Å². The number of nitrogens with one attached hydrogen (secondary N) is 3. The summed E-state index contributed by atoms with van der Waals surface area (Å²) in [6.07, 6.45) is 0. The lowest BCUT2D eigenvalue weighted by Gasteiger charge is -2.10. The molecule has 5 N–H and O–H groups in total. The average Bonchev–Trinajstić information content (AvgIpc) is 2.18. The molecule has 0 radical (unpaired) electrons. The van der Waals surface area contributed by atoms with Gasteiger partial charge in [-0.2, -0.15) is 9.97 Å². The van der Waals surface area contributed by atoms with Gasteiger partial charge < -0.3 is 21.7 Å². The molecule has 0 amide bonds. The lowest BCUT2D eigenvalue weighted by Crippen LogP contribution is -2.08. The highest BCUT2D eigenvalue weighted by Crippen LogP contribution is 2.24. The predicted molar refractivity (Wildman–Crippen MR) is 55.1 cm³/mol. The van der Waals surface area contributed by atoms with E-state index >= 15 is 0 Å². The summed E-state index contributed by atoms with van der Waals surface area (Å²) in [7, 11) is 5.28. The maximum absolute atomic E-state index is 5.75. The van der Waals surface area contributed by atoms with Crippen LogP contribution in [-0.2, 0) is 0 Å². The Morgan fingerprint density at radius 1 is 0.923 bits per heavy atom. The van der Waals surface area contributed by atoms with Gasteiger partial charge >= 0.3 is 0 Å². The van der Waals surface area contributed by atoms with Crippen molar-refractivity contribution < 1.29 is 0 Å². The summed E-state index contributed by atoms with van der Waals surface area (Å²) in [5.74, 6) is 1.76. The highest BCUT2D eigenvalue weighted by atomic mass is 15.2. The molecule has 1 heterocycles. The predicted octanol–water partition coefficient (Wildman–Crippen LogP) is 0.184. The molecule has 1 aromatic heterocycles. The van der Waals surface area contributed by atoms with Crippen LogP contribution in [0.2, 0.25) is 0 Å². The summed E-state index contributed by atoms with van der Waals surface area (Å²) in [6, 6.07) is 0. The van der Waals surface area contributed by atoms with Crippen LogP contribution >= 0.6 is 0 Å². The Hall–Kier alpha value is -1.72. The zero-order valence-electron chi connectivity index (χ0n) is 7.97. The summed E-state index contributed by atoms with van der Waals surface area (Å²) in [4.78, 5) is 8.24. The standard InChI is InChI=1S/C7H14N6/c1-9-5-4(8)6(10-2)13-7(11-3)12-5/h8H2,1-3H3,(H3,9,10,11,12,13). The minimum absolute atomic E-state index is 0.518. The van der Waals surface area contributed by atoms with Crippen LogP contribution in [0.25, 0.3) is 0 Å². The van der Waals surface area contributed by atoms with Gasteiger partial charge in [-0.05, 0) is 0 Å². The van der Waals surface area contributed by atoms with Crippen LogP contribution in [0, 0.1) is 0 Å². The number of rotatable bonds is 3. The van der Waals surface area contributed by atoms with Gasteiger partial charge in [0, 0.05) is 21.1 Å². The molecular formula is C7H14N6. The van der Waals surface area contributed by atoms with E-state index in [1.54, 1.807) is 21.1 Å². The van der Waals surface area contributed by atoms with E-state index in [1.807, 2.05) is 0 Å². The van der Waals surface area contributed by atoms with Crippen LogP contribution in [0.5, 0.6) is 0 Å². The zero-order chi connectivity index (χ0) is 9.84. The highest BCUT2D eigenvalue weighted by Gasteiger charge is 2.07. The van der Waals surface area contributed by atoms with Crippen molar-refractivity contribution in [2.24, 2.45) is 0 Å². The molecule has 13 heavy (non-hydrogen) atoms. The van der Waals surface area contributed by atoms with Crippen LogP contribution in [0.1, 0.15) is 0 Å². The fourth-order valence-electron chi connectivity index (χ4n) is 0.962. The van der Waals surface area contributed by atoms with Crippen molar-refractivity contribution in [1.29, 1.82) is 0 Å². The van der Waals surface area contributed by atoms with Gasteiger partial charge in [-0.15, -0.1) is 0 Å². The molecule has 0 aliphatic rings. The minimum Gasteiger partial charge on any atom is -0.393 e. The Labute approximate surface area is 77.0 Å². The second-order valence-corrected chi connectivity index (χ2v) is 2.41. The van der Waals surface area contributed by atoms with Crippen molar-refractivity contribution in [2.45, 2.75) is 0 Å². The molecule has 6 nitrogen and oxygen atoms in total. The average molecular weight is 182 g/mol.